The highest BCUT2D eigenvalue weighted by Crippen LogP contribution is 2.35. The number of thioether (sulfide) groups is 1. The van der Waals surface area contributed by atoms with Crippen LogP contribution in [0.15, 0.2) is 71.6 Å². The lowest BCUT2D eigenvalue weighted by Crippen LogP contribution is -2.32. The molecule has 0 aromatic heterocycles. The first-order valence-corrected chi connectivity index (χ1v) is 12.2. The van der Waals surface area contributed by atoms with Gasteiger partial charge in [0.2, 0.25) is 0 Å². The summed E-state index contributed by atoms with van der Waals surface area (Å²) in [6.07, 6.45) is 1.47. The van der Waals surface area contributed by atoms with E-state index >= 15 is 0 Å². The Balaban J connectivity index is 1.48. The lowest BCUT2D eigenvalue weighted by atomic mass is 10.1. The number of imide groups is 1. The number of ether oxygens (including phenoxy) is 2. The first-order chi connectivity index (χ1) is 16.8. The Bertz CT molecular complexity index is 1330. The van der Waals surface area contributed by atoms with Gasteiger partial charge in [-0.15, -0.1) is 0 Å². The van der Waals surface area contributed by atoms with Crippen LogP contribution in [-0.2, 0) is 4.79 Å². The molecule has 1 aliphatic rings. The molecule has 0 saturated carbocycles. The number of hydrogen-bond acceptors (Lipinski definition) is 6. The SMILES string of the molecule is O=C(Oc1ccc(Cl)cc1/C=C1\SC(=O)N(CCOc2ccccc2Cl)C1=O)c1ccc(Cl)cc1. The van der Waals surface area contributed by atoms with Crippen LogP contribution < -0.4 is 9.47 Å². The molecule has 1 heterocycles. The molecule has 1 saturated heterocycles. The number of para-hydroxylation sites is 1. The Morgan fingerprint density at radius 3 is 2.37 bits per heavy atom. The molecule has 0 radical (unpaired) electrons. The van der Waals surface area contributed by atoms with E-state index in [0.29, 0.717) is 31.9 Å². The molecule has 1 aliphatic heterocycles. The summed E-state index contributed by atoms with van der Waals surface area (Å²) in [6.45, 7) is 0.122. The molecule has 0 spiro atoms. The van der Waals surface area contributed by atoms with Gasteiger partial charge < -0.3 is 9.47 Å². The lowest BCUT2D eigenvalue weighted by molar-refractivity contribution is -0.123. The Morgan fingerprint density at radius 1 is 0.914 bits per heavy atom. The minimum absolute atomic E-state index is 0.0428. The molecule has 3 aromatic carbocycles. The molecule has 3 aromatic rings. The molecule has 0 atom stereocenters. The van der Waals surface area contributed by atoms with Gasteiger partial charge in [0, 0.05) is 15.6 Å². The number of carbonyl (C=O) groups is 3. The van der Waals surface area contributed by atoms with Crippen LogP contribution in [0.4, 0.5) is 4.79 Å². The second-order valence-electron chi connectivity index (χ2n) is 7.19. The van der Waals surface area contributed by atoms with Crippen molar-refractivity contribution in [3.05, 3.63) is 97.8 Å². The zero-order valence-corrected chi connectivity index (χ0v) is 21.0. The normalized spacial score (nSPS) is 14.5. The first kappa shape index (κ1) is 25.1. The average Bonchev–Trinajstić information content (AvgIpc) is 3.09. The number of nitrogens with zero attached hydrogens (tertiary/aromatic N) is 1. The van der Waals surface area contributed by atoms with Crippen LogP contribution in [0.5, 0.6) is 11.5 Å². The summed E-state index contributed by atoms with van der Waals surface area (Å²) < 4.78 is 11.1. The van der Waals surface area contributed by atoms with Crippen molar-refractivity contribution in [3.8, 4) is 11.5 Å². The maximum absolute atomic E-state index is 12.9. The molecular formula is C25H16Cl3NO5S. The van der Waals surface area contributed by atoms with Crippen LogP contribution in [0.3, 0.4) is 0 Å². The summed E-state index contributed by atoms with van der Waals surface area (Å²) in [5, 5.41) is 0.852. The second-order valence-corrected chi connectivity index (χ2v) is 9.46. The van der Waals surface area contributed by atoms with E-state index in [9.17, 15) is 14.4 Å². The molecule has 1 fully saturated rings. The summed E-state index contributed by atoms with van der Waals surface area (Å²) in [4.78, 5) is 39.1. The Hall–Kier alpha value is -2.97. The van der Waals surface area contributed by atoms with Gasteiger partial charge in [-0.2, -0.15) is 0 Å². The number of amides is 2. The van der Waals surface area contributed by atoms with Crippen molar-refractivity contribution in [1.82, 2.24) is 4.90 Å². The van der Waals surface area contributed by atoms with Crippen molar-refractivity contribution < 1.29 is 23.9 Å². The van der Waals surface area contributed by atoms with Gasteiger partial charge in [0.1, 0.15) is 18.1 Å². The molecule has 0 unspecified atom stereocenters. The molecule has 6 nitrogen and oxygen atoms in total. The monoisotopic (exact) mass is 547 g/mol. The summed E-state index contributed by atoms with van der Waals surface area (Å²) in [7, 11) is 0. The highest BCUT2D eigenvalue weighted by molar-refractivity contribution is 8.18. The van der Waals surface area contributed by atoms with Gasteiger partial charge in [0.15, 0.2) is 0 Å². The van der Waals surface area contributed by atoms with Gasteiger partial charge in [-0.25, -0.2) is 4.79 Å². The van der Waals surface area contributed by atoms with E-state index in [1.165, 1.54) is 24.3 Å². The summed E-state index contributed by atoms with van der Waals surface area (Å²) in [5.41, 5.74) is 0.673. The van der Waals surface area contributed by atoms with Crippen LogP contribution >= 0.6 is 46.6 Å². The number of halogens is 3. The van der Waals surface area contributed by atoms with Crippen LogP contribution in [0, 0.1) is 0 Å². The Labute approximate surface area is 220 Å². The minimum atomic E-state index is -0.608. The van der Waals surface area contributed by atoms with E-state index in [4.69, 9.17) is 44.3 Å². The van der Waals surface area contributed by atoms with Crippen LogP contribution in [-0.4, -0.2) is 35.2 Å². The predicted molar refractivity (Wildman–Crippen MR) is 137 cm³/mol. The standard InChI is InChI=1S/C25H16Cl3NO5S/c26-17-7-5-15(6-8-17)24(31)34-20-10-9-18(27)13-16(20)14-22-23(30)29(25(32)35-22)11-12-33-21-4-2-1-3-19(21)28/h1-10,13-14H,11-12H2/b22-14-. The minimum Gasteiger partial charge on any atom is -0.490 e. The zero-order valence-electron chi connectivity index (χ0n) is 17.9. The molecular weight excluding hydrogens is 533 g/mol. The number of hydrogen-bond donors (Lipinski definition) is 0. The van der Waals surface area contributed by atoms with Crippen molar-refractivity contribution >= 4 is 69.8 Å². The molecule has 35 heavy (non-hydrogen) atoms. The summed E-state index contributed by atoms with van der Waals surface area (Å²) in [5.74, 6) is -0.452. The molecule has 178 valence electrons. The fraction of sp³-hybridized carbons (Fsp3) is 0.0800. The predicted octanol–water partition coefficient (Wildman–Crippen LogP) is 6.98. The third kappa shape index (κ3) is 6.18. The zero-order chi connectivity index (χ0) is 24.9. The molecule has 4 rings (SSSR count). The smallest absolute Gasteiger partial charge is 0.343 e. The van der Waals surface area contributed by atoms with Crippen molar-refractivity contribution in [3.63, 3.8) is 0 Å². The van der Waals surface area contributed by atoms with Crippen molar-refractivity contribution in [2.24, 2.45) is 0 Å². The van der Waals surface area contributed by atoms with Gasteiger partial charge in [0.25, 0.3) is 11.1 Å². The van der Waals surface area contributed by atoms with Gasteiger partial charge in [0.05, 0.1) is 22.0 Å². The van der Waals surface area contributed by atoms with E-state index in [0.717, 1.165) is 16.7 Å². The summed E-state index contributed by atoms with van der Waals surface area (Å²) >= 11 is 18.8. The van der Waals surface area contributed by atoms with E-state index in [1.807, 2.05) is 0 Å². The topological polar surface area (TPSA) is 72.9 Å². The lowest BCUT2D eigenvalue weighted by Gasteiger charge is -2.13. The van der Waals surface area contributed by atoms with Crippen LogP contribution in [0.2, 0.25) is 15.1 Å². The van der Waals surface area contributed by atoms with E-state index < -0.39 is 17.1 Å². The molecule has 0 bridgehead atoms. The largest absolute Gasteiger partial charge is 0.490 e. The molecule has 10 heteroatoms. The van der Waals surface area contributed by atoms with E-state index in [1.54, 1.807) is 48.5 Å². The third-order valence-electron chi connectivity index (χ3n) is 4.82. The van der Waals surface area contributed by atoms with E-state index in [-0.39, 0.29) is 23.8 Å². The highest BCUT2D eigenvalue weighted by atomic mass is 35.5. The van der Waals surface area contributed by atoms with Crippen LogP contribution in [0.25, 0.3) is 6.08 Å². The Kier molecular flexibility index (Phi) is 8.03. The number of rotatable bonds is 7. The molecule has 0 aliphatic carbocycles. The highest BCUT2D eigenvalue weighted by Gasteiger charge is 2.35. The van der Waals surface area contributed by atoms with Crippen molar-refractivity contribution in [1.29, 1.82) is 0 Å². The summed E-state index contributed by atoms with van der Waals surface area (Å²) in [6, 6.07) is 17.8. The van der Waals surface area contributed by atoms with E-state index in [2.05, 4.69) is 0 Å². The number of esters is 1. The Morgan fingerprint density at radius 2 is 1.63 bits per heavy atom. The third-order valence-corrected chi connectivity index (χ3v) is 6.53. The van der Waals surface area contributed by atoms with Crippen molar-refractivity contribution in [2.45, 2.75) is 0 Å². The first-order valence-electron chi connectivity index (χ1n) is 10.2. The fourth-order valence-corrected chi connectivity index (χ4v) is 4.47. The van der Waals surface area contributed by atoms with Crippen LogP contribution in [0.1, 0.15) is 15.9 Å². The number of carbonyl (C=O) groups excluding carboxylic acids is 3. The fourth-order valence-electron chi connectivity index (χ4n) is 3.11. The quantitative estimate of drug-likeness (QED) is 0.180. The maximum atomic E-state index is 12.9. The van der Waals surface area contributed by atoms with Gasteiger partial charge in [-0.05, 0) is 72.4 Å². The molecule has 0 N–H and O–H groups in total. The van der Waals surface area contributed by atoms with Gasteiger partial charge in [-0.1, -0.05) is 46.9 Å². The van der Waals surface area contributed by atoms with Gasteiger partial charge >= 0.3 is 5.97 Å². The van der Waals surface area contributed by atoms with Gasteiger partial charge in [-0.3, -0.25) is 14.5 Å². The van der Waals surface area contributed by atoms with Crippen molar-refractivity contribution in [2.75, 3.05) is 13.2 Å². The maximum Gasteiger partial charge on any atom is 0.343 e. The number of benzene rings is 3. The second kappa shape index (κ2) is 11.2. The average molecular weight is 549 g/mol. The molecule has 2 amide bonds.